The molecule has 4 nitrogen and oxygen atoms in total. The quantitative estimate of drug-likeness (QED) is 0.879. The summed E-state index contributed by atoms with van der Waals surface area (Å²) >= 11 is 0. The van der Waals surface area contributed by atoms with Crippen LogP contribution in [0.5, 0.6) is 0 Å². The largest absolute Gasteiger partial charge is 0.345 e. The summed E-state index contributed by atoms with van der Waals surface area (Å²) in [7, 11) is 0. The van der Waals surface area contributed by atoms with Gasteiger partial charge in [0.25, 0.3) is 5.91 Å². The zero-order valence-corrected chi connectivity index (χ0v) is 10.7. The van der Waals surface area contributed by atoms with E-state index in [2.05, 4.69) is 10.3 Å². The normalized spacial score (nSPS) is 16.9. The Morgan fingerprint density at radius 2 is 2.11 bits per heavy atom. The third-order valence-corrected chi connectivity index (χ3v) is 3.97. The Kier molecular flexibility index (Phi) is 2.95. The number of pyridine rings is 1. The molecule has 1 aliphatic carbocycles. The Morgan fingerprint density at radius 1 is 1.32 bits per heavy atom. The van der Waals surface area contributed by atoms with Gasteiger partial charge in [-0.2, -0.15) is 0 Å². The molecule has 98 valence electrons. The lowest BCUT2D eigenvalue weighted by Gasteiger charge is -2.41. The molecule has 1 aromatic carbocycles. The van der Waals surface area contributed by atoms with Crippen LogP contribution in [0.4, 0.5) is 0 Å². The number of amides is 1. The first-order valence-corrected chi connectivity index (χ1v) is 6.60. The van der Waals surface area contributed by atoms with Crippen LogP contribution >= 0.6 is 0 Å². The summed E-state index contributed by atoms with van der Waals surface area (Å²) in [5, 5.41) is 3.98. The second-order valence-corrected chi connectivity index (χ2v) is 5.17. The molecule has 0 atom stereocenters. The van der Waals surface area contributed by atoms with Crippen LogP contribution in [0.2, 0.25) is 0 Å². The number of fused-ring (bicyclic) bond motifs is 1. The number of rotatable bonds is 3. The molecule has 2 aromatic rings. The molecule has 0 radical (unpaired) electrons. The first kappa shape index (κ1) is 12.1. The highest BCUT2D eigenvalue weighted by Crippen LogP contribution is 2.31. The minimum Gasteiger partial charge on any atom is -0.345 e. The van der Waals surface area contributed by atoms with E-state index in [1.165, 1.54) is 0 Å². The molecule has 1 heterocycles. The van der Waals surface area contributed by atoms with Gasteiger partial charge >= 0.3 is 0 Å². The molecule has 3 N–H and O–H groups in total. The number of carbonyl (C=O) groups excluding carboxylic acids is 1. The van der Waals surface area contributed by atoms with Gasteiger partial charge in [0.2, 0.25) is 0 Å². The van der Waals surface area contributed by atoms with Crippen molar-refractivity contribution in [3.8, 4) is 0 Å². The van der Waals surface area contributed by atoms with Gasteiger partial charge in [-0.3, -0.25) is 9.78 Å². The topological polar surface area (TPSA) is 68.0 Å². The molecule has 0 aliphatic heterocycles. The molecule has 0 unspecified atom stereocenters. The van der Waals surface area contributed by atoms with Crippen LogP contribution < -0.4 is 11.1 Å². The third kappa shape index (κ3) is 2.08. The summed E-state index contributed by atoms with van der Waals surface area (Å²) in [6.45, 7) is 0.502. The van der Waals surface area contributed by atoms with Crippen molar-refractivity contribution in [3.05, 3.63) is 42.1 Å². The Balaban J connectivity index is 1.93. The minimum atomic E-state index is -0.193. The molecule has 3 rings (SSSR count). The van der Waals surface area contributed by atoms with Crippen molar-refractivity contribution in [1.29, 1.82) is 0 Å². The lowest BCUT2D eigenvalue weighted by Crippen LogP contribution is -2.58. The zero-order chi connectivity index (χ0) is 13.3. The van der Waals surface area contributed by atoms with E-state index in [-0.39, 0.29) is 11.4 Å². The van der Waals surface area contributed by atoms with Crippen molar-refractivity contribution >= 4 is 16.8 Å². The van der Waals surface area contributed by atoms with Crippen LogP contribution in [0.3, 0.4) is 0 Å². The van der Waals surface area contributed by atoms with E-state index in [1.54, 1.807) is 12.3 Å². The number of nitrogens with one attached hydrogen (secondary N) is 1. The van der Waals surface area contributed by atoms with E-state index in [9.17, 15) is 4.79 Å². The summed E-state index contributed by atoms with van der Waals surface area (Å²) in [6, 6.07) is 9.44. The molecule has 1 amide bonds. The molecule has 1 aromatic heterocycles. The van der Waals surface area contributed by atoms with Crippen LogP contribution in [0.25, 0.3) is 10.9 Å². The predicted molar refractivity (Wildman–Crippen MR) is 74.8 cm³/mol. The summed E-state index contributed by atoms with van der Waals surface area (Å²) in [5.41, 5.74) is 7.10. The van der Waals surface area contributed by atoms with Gasteiger partial charge in [0.15, 0.2) is 0 Å². The van der Waals surface area contributed by atoms with E-state index in [0.29, 0.717) is 12.1 Å². The fourth-order valence-corrected chi connectivity index (χ4v) is 2.59. The van der Waals surface area contributed by atoms with Crippen molar-refractivity contribution < 1.29 is 4.79 Å². The highest BCUT2D eigenvalue weighted by atomic mass is 16.1. The van der Waals surface area contributed by atoms with Gasteiger partial charge < -0.3 is 11.1 Å². The number of aromatic nitrogens is 1. The summed E-state index contributed by atoms with van der Waals surface area (Å²) in [4.78, 5) is 16.7. The highest BCUT2D eigenvalue weighted by molar-refractivity contribution is 6.06. The van der Waals surface area contributed by atoms with E-state index < -0.39 is 0 Å². The zero-order valence-electron chi connectivity index (χ0n) is 10.7. The SMILES string of the molecule is NCC1(NC(=O)c2ccnc3ccccc23)CCC1. The smallest absolute Gasteiger partial charge is 0.252 e. The maximum atomic E-state index is 12.4. The lowest BCUT2D eigenvalue weighted by atomic mass is 9.76. The van der Waals surface area contributed by atoms with Crippen molar-refractivity contribution in [3.63, 3.8) is 0 Å². The lowest BCUT2D eigenvalue weighted by molar-refractivity contribution is 0.0839. The Morgan fingerprint density at radius 3 is 2.79 bits per heavy atom. The van der Waals surface area contributed by atoms with E-state index >= 15 is 0 Å². The maximum absolute atomic E-state index is 12.4. The van der Waals surface area contributed by atoms with Gasteiger partial charge in [-0.05, 0) is 31.4 Å². The van der Waals surface area contributed by atoms with Crippen LogP contribution in [-0.2, 0) is 0 Å². The molecule has 0 spiro atoms. The van der Waals surface area contributed by atoms with Gasteiger partial charge in [0.1, 0.15) is 0 Å². The molecule has 4 heteroatoms. The van der Waals surface area contributed by atoms with Gasteiger partial charge in [-0.15, -0.1) is 0 Å². The molecular formula is C15H17N3O. The maximum Gasteiger partial charge on any atom is 0.252 e. The Hall–Kier alpha value is -1.94. The number of para-hydroxylation sites is 1. The summed E-state index contributed by atoms with van der Waals surface area (Å²) in [5.74, 6) is -0.0521. The first-order chi connectivity index (χ1) is 9.24. The minimum absolute atomic E-state index is 0.0521. The number of nitrogens with two attached hydrogens (primary N) is 1. The van der Waals surface area contributed by atoms with Crippen molar-refractivity contribution in [2.24, 2.45) is 5.73 Å². The van der Waals surface area contributed by atoms with Crippen LogP contribution in [0, 0.1) is 0 Å². The standard InChI is InChI=1S/C15H17N3O/c16-10-15(7-3-8-15)18-14(19)12-6-9-17-13-5-2-1-4-11(12)13/h1-2,4-6,9H,3,7-8,10,16H2,(H,18,19). The van der Waals surface area contributed by atoms with Crippen molar-refractivity contribution in [2.75, 3.05) is 6.54 Å². The average molecular weight is 255 g/mol. The van der Waals surface area contributed by atoms with Crippen molar-refractivity contribution in [1.82, 2.24) is 10.3 Å². The predicted octanol–water partition coefficient (Wildman–Crippen LogP) is 1.85. The first-order valence-electron chi connectivity index (χ1n) is 6.60. The molecule has 1 fully saturated rings. The number of carbonyl (C=O) groups is 1. The Labute approximate surface area is 112 Å². The van der Waals surface area contributed by atoms with Crippen LogP contribution in [0.1, 0.15) is 29.6 Å². The number of benzene rings is 1. The second kappa shape index (κ2) is 4.63. The highest BCUT2D eigenvalue weighted by Gasteiger charge is 2.37. The average Bonchev–Trinajstić information content (AvgIpc) is 2.42. The van der Waals surface area contributed by atoms with Gasteiger partial charge in [0, 0.05) is 18.1 Å². The summed E-state index contributed by atoms with van der Waals surface area (Å²) < 4.78 is 0. The fourth-order valence-electron chi connectivity index (χ4n) is 2.59. The van der Waals surface area contributed by atoms with Crippen LogP contribution in [0.15, 0.2) is 36.5 Å². The van der Waals surface area contributed by atoms with E-state index in [4.69, 9.17) is 5.73 Å². The molecular weight excluding hydrogens is 238 g/mol. The number of nitrogens with zero attached hydrogens (tertiary/aromatic N) is 1. The molecule has 1 saturated carbocycles. The van der Waals surface area contributed by atoms with Gasteiger partial charge in [0.05, 0.1) is 16.6 Å². The monoisotopic (exact) mass is 255 g/mol. The second-order valence-electron chi connectivity index (χ2n) is 5.17. The van der Waals surface area contributed by atoms with Gasteiger partial charge in [-0.25, -0.2) is 0 Å². The summed E-state index contributed by atoms with van der Waals surface area (Å²) in [6.07, 6.45) is 4.75. The van der Waals surface area contributed by atoms with E-state index in [0.717, 1.165) is 30.2 Å². The molecule has 19 heavy (non-hydrogen) atoms. The number of hydrogen-bond acceptors (Lipinski definition) is 3. The number of hydrogen-bond donors (Lipinski definition) is 2. The molecule has 0 saturated heterocycles. The molecule has 1 aliphatic rings. The van der Waals surface area contributed by atoms with E-state index in [1.807, 2.05) is 24.3 Å². The Bertz CT molecular complexity index is 609. The molecule has 0 bridgehead atoms. The third-order valence-electron chi connectivity index (χ3n) is 3.97. The fraction of sp³-hybridized carbons (Fsp3) is 0.333. The van der Waals surface area contributed by atoms with Crippen molar-refractivity contribution in [2.45, 2.75) is 24.8 Å². The van der Waals surface area contributed by atoms with Crippen LogP contribution in [-0.4, -0.2) is 23.0 Å². The van der Waals surface area contributed by atoms with Gasteiger partial charge in [-0.1, -0.05) is 18.2 Å².